The molecule has 2 unspecified atom stereocenters. The molecule has 1 fully saturated rings. The van der Waals surface area contributed by atoms with Gasteiger partial charge in [0.1, 0.15) is 0 Å². The Morgan fingerprint density at radius 2 is 1.90 bits per heavy atom. The average Bonchev–Trinajstić information content (AvgIpc) is 2.41. The topological polar surface area (TPSA) is 65.5 Å². The molecular weight excluding hydrogens is 379 g/mol. The van der Waals surface area contributed by atoms with Gasteiger partial charge in [-0.25, -0.2) is 0 Å². The van der Waals surface area contributed by atoms with Crippen molar-refractivity contribution in [2.45, 2.75) is 52.5 Å². The minimum atomic E-state index is 0. The van der Waals surface area contributed by atoms with Crippen LogP contribution in [0.1, 0.15) is 46.5 Å². The Morgan fingerprint density at radius 1 is 1.24 bits per heavy atom. The summed E-state index contributed by atoms with van der Waals surface area (Å²) in [6, 6.07) is 0.523. The van der Waals surface area contributed by atoms with Crippen molar-refractivity contribution >= 4 is 35.8 Å². The van der Waals surface area contributed by atoms with Crippen molar-refractivity contribution in [1.29, 1.82) is 0 Å². The minimum Gasteiger partial charge on any atom is -0.355 e. The summed E-state index contributed by atoms with van der Waals surface area (Å²) in [4.78, 5) is 15.7. The zero-order chi connectivity index (χ0) is 15.0. The zero-order valence-electron chi connectivity index (χ0n) is 13.7. The van der Waals surface area contributed by atoms with Crippen molar-refractivity contribution in [1.82, 2.24) is 16.0 Å². The minimum absolute atomic E-state index is 0. The summed E-state index contributed by atoms with van der Waals surface area (Å²) in [5, 5.41) is 9.61. The molecule has 5 nitrogen and oxygen atoms in total. The number of amides is 1. The molecule has 0 saturated heterocycles. The number of guanidine groups is 1. The van der Waals surface area contributed by atoms with Gasteiger partial charge < -0.3 is 16.0 Å². The molecule has 0 spiro atoms. The number of nitrogens with zero attached hydrogens (tertiary/aromatic N) is 1. The Balaban J connectivity index is 0.00000400. The highest BCUT2D eigenvalue weighted by Gasteiger charge is 2.19. The van der Waals surface area contributed by atoms with E-state index in [0.29, 0.717) is 19.1 Å². The van der Waals surface area contributed by atoms with Crippen molar-refractivity contribution in [3.05, 3.63) is 0 Å². The lowest BCUT2D eigenvalue weighted by Crippen LogP contribution is -2.47. The van der Waals surface area contributed by atoms with E-state index in [1.54, 1.807) is 7.05 Å². The van der Waals surface area contributed by atoms with Crippen LogP contribution in [0.4, 0.5) is 0 Å². The summed E-state index contributed by atoms with van der Waals surface area (Å²) in [7, 11) is 1.79. The molecule has 1 saturated carbocycles. The largest absolute Gasteiger partial charge is 0.355 e. The highest BCUT2D eigenvalue weighted by Crippen LogP contribution is 2.23. The van der Waals surface area contributed by atoms with Gasteiger partial charge in [-0.2, -0.15) is 0 Å². The molecule has 1 rings (SSSR count). The number of carbonyl (C=O) groups excluding carboxylic acids is 1. The molecule has 124 valence electrons. The van der Waals surface area contributed by atoms with E-state index in [1.807, 2.05) is 13.8 Å². The third-order valence-corrected chi connectivity index (χ3v) is 3.74. The molecule has 0 aliphatic heterocycles. The second-order valence-corrected chi connectivity index (χ2v) is 6.06. The number of rotatable bonds is 5. The monoisotopic (exact) mass is 410 g/mol. The molecule has 1 aliphatic rings. The molecule has 0 heterocycles. The number of halogens is 1. The van der Waals surface area contributed by atoms with Crippen LogP contribution in [0.3, 0.4) is 0 Å². The first kappa shape index (κ1) is 20.5. The quantitative estimate of drug-likeness (QED) is 0.282. The van der Waals surface area contributed by atoms with E-state index in [2.05, 4.69) is 27.9 Å². The van der Waals surface area contributed by atoms with Crippen molar-refractivity contribution < 1.29 is 4.79 Å². The number of nitrogens with one attached hydrogen (secondary N) is 3. The van der Waals surface area contributed by atoms with Crippen LogP contribution in [0, 0.1) is 11.8 Å². The van der Waals surface area contributed by atoms with Crippen LogP contribution in [0.2, 0.25) is 0 Å². The van der Waals surface area contributed by atoms with Gasteiger partial charge in [-0.15, -0.1) is 24.0 Å². The van der Waals surface area contributed by atoms with Crippen LogP contribution >= 0.6 is 24.0 Å². The molecule has 0 aromatic heterocycles. The van der Waals surface area contributed by atoms with Gasteiger partial charge in [0, 0.05) is 32.1 Å². The fraction of sp³-hybridized carbons (Fsp3) is 0.867. The summed E-state index contributed by atoms with van der Waals surface area (Å²) >= 11 is 0. The van der Waals surface area contributed by atoms with E-state index in [9.17, 15) is 4.79 Å². The number of hydrogen-bond donors (Lipinski definition) is 3. The lowest BCUT2D eigenvalue weighted by atomic mass is 9.87. The SMILES string of the molecule is CN=C(NCCNC(=O)C(C)C)NC1CCCC(C)C1.I. The predicted octanol–water partition coefficient (Wildman–Crippen LogP) is 2.12. The summed E-state index contributed by atoms with van der Waals surface area (Å²) in [5.41, 5.74) is 0. The second-order valence-electron chi connectivity index (χ2n) is 6.06. The van der Waals surface area contributed by atoms with Gasteiger partial charge in [-0.1, -0.05) is 33.6 Å². The zero-order valence-corrected chi connectivity index (χ0v) is 16.1. The fourth-order valence-corrected chi connectivity index (χ4v) is 2.52. The molecule has 21 heavy (non-hydrogen) atoms. The summed E-state index contributed by atoms with van der Waals surface area (Å²) in [6.07, 6.45) is 5.06. The first-order valence-electron chi connectivity index (χ1n) is 7.77. The van der Waals surface area contributed by atoms with Crippen molar-refractivity contribution in [2.24, 2.45) is 16.8 Å². The molecule has 1 amide bonds. The van der Waals surface area contributed by atoms with E-state index < -0.39 is 0 Å². The lowest BCUT2D eigenvalue weighted by molar-refractivity contribution is -0.123. The maximum absolute atomic E-state index is 11.4. The fourth-order valence-electron chi connectivity index (χ4n) is 2.52. The molecule has 0 bridgehead atoms. The Labute approximate surface area is 146 Å². The molecule has 0 radical (unpaired) electrons. The first-order valence-corrected chi connectivity index (χ1v) is 7.77. The van der Waals surface area contributed by atoms with E-state index in [-0.39, 0.29) is 35.8 Å². The summed E-state index contributed by atoms with van der Waals surface area (Å²) < 4.78 is 0. The smallest absolute Gasteiger partial charge is 0.222 e. The molecule has 0 aromatic carbocycles. The van der Waals surface area contributed by atoms with Crippen LogP contribution in [0.25, 0.3) is 0 Å². The third-order valence-electron chi connectivity index (χ3n) is 3.74. The lowest BCUT2D eigenvalue weighted by Gasteiger charge is -2.28. The van der Waals surface area contributed by atoms with Gasteiger partial charge in [0.2, 0.25) is 5.91 Å². The Morgan fingerprint density at radius 3 is 2.48 bits per heavy atom. The van der Waals surface area contributed by atoms with E-state index >= 15 is 0 Å². The maximum atomic E-state index is 11.4. The summed E-state index contributed by atoms with van der Waals surface area (Å²) in [5.74, 6) is 1.76. The van der Waals surface area contributed by atoms with E-state index in [1.165, 1.54) is 25.7 Å². The Hall–Kier alpha value is -0.530. The number of aliphatic imine (C=N–C) groups is 1. The van der Waals surface area contributed by atoms with Gasteiger partial charge in [0.05, 0.1) is 0 Å². The molecule has 2 atom stereocenters. The van der Waals surface area contributed by atoms with E-state index in [4.69, 9.17) is 0 Å². The standard InChI is InChI=1S/C15H30N4O.HI/c1-11(2)14(20)17-8-9-18-15(16-4)19-13-7-5-6-12(3)10-13;/h11-13H,5-10H2,1-4H3,(H,17,20)(H2,16,18,19);1H. The normalized spacial score (nSPS) is 22.4. The van der Waals surface area contributed by atoms with Crippen molar-refractivity contribution in [2.75, 3.05) is 20.1 Å². The average molecular weight is 410 g/mol. The molecule has 6 heteroatoms. The first-order chi connectivity index (χ1) is 9.52. The van der Waals surface area contributed by atoms with Crippen LogP contribution in [-0.4, -0.2) is 38.0 Å². The third kappa shape index (κ3) is 8.48. The highest BCUT2D eigenvalue weighted by atomic mass is 127. The highest BCUT2D eigenvalue weighted by molar-refractivity contribution is 14.0. The van der Waals surface area contributed by atoms with E-state index in [0.717, 1.165) is 11.9 Å². The number of carbonyl (C=O) groups is 1. The van der Waals surface area contributed by atoms with Crippen molar-refractivity contribution in [3.8, 4) is 0 Å². The van der Waals surface area contributed by atoms with Gasteiger partial charge in [0.25, 0.3) is 0 Å². The van der Waals surface area contributed by atoms with Crippen LogP contribution in [0.15, 0.2) is 4.99 Å². The predicted molar refractivity (Wildman–Crippen MR) is 99.2 cm³/mol. The number of hydrogen-bond acceptors (Lipinski definition) is 2. The van der Waals surface area contributed by atoms with Gasteiger partial charge in [0.15, 0.2) is 5.96 Å². The van der Waals surface area contributed by atoms with Gasteiger partial charge in [-0.3, -0.25) is 9.79 Å². The van der Waals surface area contributed by atoms with Gasteiger partial charge in [-0.05, 0) is 18.8 Å². The Bertz CT molecular complexity index is 334. The van der Waals surface area contributed by atoms with Crippen LogP contribution in [0.5, 0.6) is 0 Å². The molecule has 0 aromatic rings. The molecule has 3 N–H and O–H groups in total. The van der Waals surface area contributed by atoms with Gasteiger partial charge >= 0.3 is 0 Å². The summed E-state index contributed by atoms with van der Waals surface area (Å²) in [6.45, 7) is 7.42. The van der Waals surface area contributed by atoms with Crippen molar-refractivity contribution in [3.63, 3.8) is 0 Å². The van der Waals surface area contributed by atoms with Crippen LogP contribution in [-0.2, 0) is 4.79 Å². The second kappa shape index (κ2) is 11.1. The Kier molecular flexibility index (Phi) is 10.8. The van der Waals surface area contributed by atoms with Crippen LogP contribution < -0.4 is 16.0 Å². The molecule has 1 aliphatic carbocycles. The molecular formula is C15H31IN4O. The maximum Gasteiger partial charge on any atom is 0.222 e.